The minimum Gasteiger partial charge on any atom is -0.353 e. The third kappa shape index (κ3) is 3.25. The summed E-state index contributed by atoms with van der Waals surface area (Å²) in [5.74, 6) is 2.35. The van der Waals surface area contributed by atoms with Crippen molar-refractivity contribution >= 4 is 5.95 Å². The summed E-state index contributed by atoms with van der Waals surface area (Å²) in [7, 11) is 2.20. The highest BCUT2D eigenvalue weighted by atomic mass is 15.2. The van der Waals surface area contributed by atoms with Gasteiger partial charge >= 0.3 is 0 Å². The number of rotatable bonds is 4. The Morgan fingerprint density at radius 1 is 1.50 bits per heavy atom. The molecule has 0 bridgehead atoms. The highest BCUT2D eigenvalue weighted by Crippen LogP contribution is 2.20. The number of imidazole rings is 1. The van der Waals surface area contributed by atoms with Gasteiger partial charge in [0, 0.05) is 31.5 Å². The molecular formula is C14H26N4. The van der Waals surface area contributed by atoms with Crippen LogP contribution in [0.15, 0.2) is 12.4 Å². The van der Waals surface area contributed by atoms with E-state index in [1.807, 2.05) is 6.20 Å². The maximum atomic E-state index is 4.46. The van der Waals surface area contributed by atoms with Gasteiger partial charge in [0.25, 0.3) is 0 Å². The van der Waals surface area contributed by atoms with Crippen LogP contribution >= 0.6 is 0 Å². The Bertz CT molecular complexity index is 372. The Hall–Kier alpha value is -1.03. The zero-order chi connectivity index (χ0) is 13.1. The summed E-state index contributed by atoms with van der Waals surface area (Å²) >= 11 is 0. The van der Waals surface area contributed by atoms with E-state index in [1.165, 1.54) is 19.5 Å². The molecule has 4 heteroatoms. The lowest BCUT2D eigenvalue weighted by Gasteiger charge is -2.35. The van der Waals surface area contributed by atoms with Gasteiger partial charge in [-0.25, -0.2) is 4.98 Å². The zero-order valence-electron chi connectivity index (χ0n) is 12.1. The van der Waals surface area contributed by atoms with Gasteiger partial charge in [-0.05, 0) is 31.8 Å². The largest absolute Gasteiger partial charge is 0.353 e. The number of nitrogens with one attached hydrogen (secondary N) is 1. The predicted molar refractivity (Wildman–Crippen MR) is 75.8 cm³/mol. The highest BCUT2D eigenvalue weighted by Gasteiger charge is 2.24. The zero-order valence-corrected chi connectivity index (χ0v) is 12.1. The summed E-state index contributed by atoms with van der Waals surface area (Å²) in [5.41, 5.74) is 0. The summed E-state index contributed by atoms with van der Waals surface area (Å²) in [6.07, 6.45) is 5.17. The van der Waals surface area contributed by atoms with E-state index in [2.05, 4.69) is 53.8 Å². The number of hydrogen-bond acceptors (Lipinski definition) is 3. The fraction of sp³-hybridized carbons (Fsp3) is 0.786. The molecule has 0 radical (unpaired) electrons. The van der Waals surface area contributed by atoms with Gasteiger partial charge in [0.15, 0.2) is 0 Å². The van der Waals surface area contributed by atoms with Crippen molar-refractivity contribution in [2.45, 2.75) is 39.8 Å². The van der Waals surface area contributed by atoms with Gasteiger partial charge in [-0.3, -0.25) is 0 Å². The Morgan fingerprint density at radius 3 is 2.94 bits per heavy atom. The Morgan fingerprint density at radius 2 is 2.28 bits per heavy atom. The van der Waals surface area contributed by atoms with Gasteiger partial charge in [0.2, 0.25) is 5.95 Å². The van der Waals surface area contributed by atoms with E-state index in [1.54, 1.807) is 0 Å². The molecule has 1 fully saturated rings. The van der Waals surface area contributed by atoms with Crippen LogP contribution in [0.25, 0.3) is 0 Å². The van der Waals surface area contributed by atoms with Crippen LogP contribution in [0.2, 0.25) is 0 Å². The highest BCUT2D eigenvalue weighted by molar-refractivity contribution is 5.28. The molecule has 2 unspecified atom stereocenters. The van der Waals surface area contributed by atoms with Crippen LogP contribution in [0.1, 0.15) is 27.2 Å². The van der Waals surface area contributed by atoms with Gasteiger partial charge in [0.05, 0.1) is 0 Å². The summed E-state index contributed by atoms with van der Waals surface area (Å²) in [6, 6.07) is 0.550. The smallest absolute Gasteiger partial charge is 0.203 e. The first-order valence-corrected chi connectivity index (χ1v) is 7.02. The molecule has 0 amide bonds. The molecular weight excluding hydrogens is 224 g/mol. The Balaban J connectivity index is 1.98. The molecule has 1 aromatic heterocycles. The van der Waals surface area contributed by atoms with Crippen molar-refractivity contribution in [3.05, 3.63) is 12.4 Å². The van der Waals surface area contributed by atoms with Crippen molar-refractivity contribution in [3.63, 3.8) is 0 Å². The molecule has 18 heavy (non-hydrogen) atoms. The molecule has 4 nitrogen and oxygen atoms in total. The van der Waals surface area contributed by atoms with E-state index in [4.69, 9.17) is 0 Å². The monoisotopic (exact) mass is 250 g/mol. The quantitative estimate of drug-likeness (QED) is 0.890. The van der Waals surface area contributed by atoms with Crippen LogP contribution in [0.4, 0.5) is 5.95 Å². The first-order chi connectivity index (χ1) is 8.56. The molecule has 0 aromatic carbocycles. The van der Waals surface area contributed by atoms with Gasteiger partial charge in [0.1, 0.15) is 0 Å². The van der Waals surface area contributed by atoms with E-state index in [-0.39, 0.29) is 0 Å². The van der Waals surface area contributed by atoms with E-state index >= 15 is 0 Å². The fourth-order valence-corrected chi connectivity index (χ4v) is 2.72. The van der Waals surface area contributed by atoms with Crippen molar-refractivity contribution < 1.29 is 0 Å². The van der Waals surface area contributed by atoms with E-state index in [0.29, 0.717) is 17.9 Å². The van der Waals surface area contributed by atoms with E-state index in [0.717, 1.165) is 12.5 Å². The lowest BCUT2D eigenvalue weighted by atomic mass is 9.94. The molecule has 1 aliphatic rings. The predicted octanol–water partition coefficient (Wildman–Crippen LogP) is 2.29. The SMILES string of the molecule is CC(C)Cn1ccnc1NC1CCN(C)CC1C. The maximum Gasteiger partial charge on any atom is 0.203 e. The second-order valence-electron chi connectivity index (χ2n) is 6.08. The minimum atomic E-state index is 0.550. The molecule has 2 atom stereocenters. The Kier molecular flexibility index (Phi) is 4.27. The van der Waals surface area contributed by atoms with Crippen molar-refractivity contribution in [3.8, 4) is 0 Å². The summed E-state index contributed by atoms with van der Waals surface area (Å²) in [5, 5.41) is 3.63. The minimum absolute atomic E-state index is 0.550. The molecule has 1 aromatic rings. The van der Waals surface area contributed by atoms with Crippen LogP contribution in [-0.4, -0.2) is 40.6 Å². The van der Waals surface area contributed by atoms with Crippen LogP contribution < -0.4 is 5.32 Å². The molecule has 102 valence electrons. The number of nitrogens with zero attached hydrogens (tertiary/aromatic N) is 3. The molecule has 1 N–H and O–H groups in total. The van der Waals surface area contributed by atoms with Gasteiger partial charge < -0.3 is 14.8 Å². The van der Waals surface area contributed by atoms with Crippen molar-refractivity contribution in [2.24, 2.45) is 11.8 Å². The van der Waals surface area contributed by atoms with Crippen molar-refractivity contribution in [1.29, 1.82) is 0 Å². The number of hydrogen-bond donors (Lipinski definition) is 1. The first kappa shape index (κ1) is 13.4. The van der Waals surface area contributed by atoms with Gasteiger partial charge in [-0.1, -0.05) is 20.8 Å². The topological polar surface area (TPSA) is 33.1 Å². The third-order valence-corrected chi connectivity index (χ3v) is 3.70. The third-order valence-electron chi connectivity index (χ3n) is 3.70. The van der Waals surface area contributed by atoms with Crippen LogP contribution in [0.5, 0.6) is 0 Å². The Labute approximate surface area is 110 Å². The molecule has 0 saturated carbocycles. The number of aromatic nitrogens is 2. The average molecular weight is 250 g/mol. The lowest BCUT2D eigenvalue weighted by Crippen LogP contribution is -2.43. The number of likely N-dealkylation sites (tertiary alicyclic amines) is 1. The molecule has 1 saturated heterocycles. The van der Waals surface area contributed by atoms with Gasteiger partial charge in [-0.2, -0.15) is 0 Å². The molecule has 2 rings (SSSR count). The fourth-order valence-electron chi connectivity index (χ4n) is 2.72. The van der Waals surface area contributed by atoms with Crippen LogP contribution in [0.3, 0.4) is 0 Å². The molecule has 0 spiro atoms. The second kappa shape index (κ2) is 5.74. The van der Waals surface area contributed by atoms with Gasteiger partial charge in [-0.15, -0.1) is 0 Å². The first-order valence-electron chi connectivity index (χ1n) is 7.02. The summed E-state index contributed by atoms with van der Waals surface area (Å²) in [4.78, 5) is 6.86. The maximum absolute atomic E-state index is 4.46. The summed E-state index contributed by atoms with van der Waals surface area (Å²) < 4.78 is 2.23. The average Bonchev–Trinajstić information content (AvgIpc) is 2.69. The molecule has 0 aliphatic carbocycles. The van der Waals surface area contributed by atoms with Crippen molar-refractivity contribution in [1.82, 2.24) is 14.5 Å². The van der Waals surface area contributed by atoms with E-state index in [9.17, 15) is 0 Å². The number of anilines is 1. The molecule has 1 aliphatic heterocycles. The van der Waals surface area contributed by atoms with Crippen LogP contribution in [-0.2, 0) is 6.54 Å². The van der Waals surface area contributed by atoms with E-state index < -0.39 is 0 Å². The summed E-state index contributed by atoms with van der Waals surface area (Å²) in [6.45, 7) is 10.2. The molecule has 2 heterocycles. The lowest BCUT2D eigenvalue weighted by molar-refractivity contribution is 0.205. The second-order valence-corrected chi connectivity index (χ2v) is 6.08. The van der Waals surface area contributed by atoms with Crippen LogP contribution in [0, 0.1) is 11.8 Å². The standard InChI is InChI=1S/C14H26N4/c1-11(2)9-18-8-6-15-14(18)16-13-5-7-17(4)10-12(13)3/h6,8,11-13H,5,7,9-10H2,1-4H3,(H,15,16). The van der Waals surface area contributed by atoms with Crippen molar-refractivity contribution in [2.75, 3.05) is 25.5 Å². The number of piperidine rings is 1. The normalized spacial score (nSPS) is 25.6.